The molecular formula is C25H46O3. The van der Waals surface area contributed by atoms with Crippen molar-refractivity contribution in [3.63, 3.8) is 0 Å². The monoisotopic (exact) mass is 394 g/mol. The van der Waals surface area contributed by atoms with Crippen molar-refractivity contribution in [3.8, 4) is 11.8 Å². The fraction of sp³-hybridized carbons (Fsp3) is 0.880. The van der Waals surface area contributed by atoms with Crippen molar-refractivity contribution in [3.05, 3.63) is 0 Å². The van der Waals surface area contributed by atoms with Gasteiger partial charge in [0.15, 0.2) is 6.61 Å². The second kappa shape index (κ2) is 23.9. The molecule has 0 saturated heterocycles. The molecule has 3 nitrogen and oxygen atoms in total. The predicted molar refractivity (Wildman–Crippen MR) is 120 cm³/mol. The van der Waals surface area contributed by atoms with E-state index in [0.717, 1.165) is 12.8 Å². The van der Waals surface area contributed by atoms with E-state index in [4.69, 9.17) is 9.47 Å². The molecule has 0 spiro atoms. The highest BCUT2D eigenvalue weighted by Gasteiger charge is 2.01. The van der Waals surface area contributed by atoms with Crippen molar-refractivity contribution in [2.45, 2.75) is 129 Å². The van der Waals surface area contributed by atoms with Crippen molar-refractivity contribution in [1.29, 1.82) is 0 Å². The summed E-state index contributed by atoms with van der Waals surface area (Å²) in [5, 5.41) is 0. The molecule has 0 amide bonds. The third kappa shape index (κ3) is 22.9. The van der Waals surface area contributed by atoms with Crippen LogP contribution in [0.2, 0.25) is 0 Å². The Morgan fingerprint density at radius 1 is 0.607 bits per heavy atom. The SMILES string of the molecule is CC#CCOC(=O)OCCCCCCCCCCCCCCCCCCCC. The van der Waals surface area contributed by atoms with Gasteiger partial charge < -0.3 is 9.47 Å². The van der Waals surface area contributed by atoms with E-state index >= 15 is 0 Å². The zero-order chi connectivity index (χ0) is 20.5. The number of hydrogen-bond donors (Lipinski definition) is 0. The maximum absolute atomic E-state index is 11.2. The van der Waals surface area contributed by atoms with E-state index in [1.807, 2.05) is 0 Å². The van der Waals surface area contributed by atoms with Gasteiger partial charge in [-0.1, -0.05) is 122 Å². The molecule has 164 valence electrons. The van der Waals surface area contributed by atoms with Crippen LogP contribution < -0.4 is 0 Å². The first-order valence-electron chi connectivity index (χ1n) is 12.0. The highest BCUT2D eigenvalue weighted by atomic mass is 16.7. The minimum atomic E-state index is -0.602. The highest BCUT2D eigenvalue weighted by Crippen LogP contribution is 2.14. The molecule has 0 saturated carbocycles. The Kier molecular flexibility index (Phi) is 22.9. The lowest BCUT2D eigenvalue weighted by atomic mass is 10.0. The van der Waals surface area contributed by atoms with Gasteiger partial charge in [0.25, 0.3) is 0 Å². The summed E-state index contributed by atoms with van der Waals surface area (Å²) in [4.78, 5) is 11.2. The Bertz CT molecular complexity index is 381. The molecular weight excluding hydrogens is 348 g/mol. The van der Waals surface area contributed by atoms with Gasteiger partial charge in [-0.05, 0) is 13.3 Å². The van der Waals surface area contributed by atoms with Gasteiger partial charge in [-0.2, -0.15) is 0 Å². The van der Waals surface area contributed by atoms with Crippen LogP contribution in [-0.2, 0) is 9.47 Å². The smallest absolute Gasteiger partial charge is 0.434 e. The Labute approximate surface area is 175 Å². The predicted octanol–water partition coefficient (Wildman–Crippen LogP) is 8.20. The first-order valence-corrected chi connectivity index (χ1v) is 12.0. The molecule has 0 aliphatic heterocycles. The van der Waals surface area contributed by atoms with Gasteiger partial charge >= 0.3 is 6.16 Å². The van der Waals surface area contributed by atoms with E-state index in [0.29, 0.717) is 6.61 Å². The molecule has 0 aromatic rings. The largest absolute Gasteiger partial charge is 0.509 e. The third-order valence-electron chi connectivity index (χ3n) is 5.16. The molecule has 28 heavy (non-hydrogen) atoms. The summed E-state index contributed by atoms with van der Waals surface area (Å²) >= 11 is 0. The summed E-state index contributed by atoms with van der Waals surface area (Å²) in [5.41, 5.74) is 0. The van der Waals surface area contributed by atoms with E-state index in [9.17, 15) is 4.79 Å². The molecule has 0 fully saturated rings. The van der Waals surface area contributed by atoms with E-state index < -0.39 is 6.16 Å². The van der Waals surface area contributed by atoms with Crippen LogP contribution in [-0.4, -0.2) is 19.4 Å². The lowest BCUT2D eigenvalue weighted by Crippen LogP contribution is -2.08. The summed E-state index contributed by atoms with van der Waals surface area (Å²) in [6.45, 7) is 4.57. The van der Waals surface area contributed by atoms with Gasteiger partial charge in [-0.15, -0.1) is 5.92 Å². The molecule has 0 unspecified atom stereocenters. The minimum absolute atomic E-state index is 0.120. The first-order chi connectivity index (χ1) is 13.8. The average molecular weight is 395 g/mol. The molecule has 0 aromatic carbocycles. The Morgan fingerprint density at radius 3 is 1.39 bits per heavy atom. The molecule has 0 aliphatic carbocycles. The Balaban J connectivity index is 3.08. The van der Waals surface area contributed by atoms with Crippen molar-refractivity contribution >= 4 is 6.16 Å². The van der Waals surface area contributed by atoms with Crippen LogP contribution in [0.25, 0.3) is 0 Å². The number of unbranched alkanes of at least 4 members (excludes halogenated alkanes) is 17. The van der Waals surface area contributed by atoms with Crippen molar-refractivity contribution in [2.75, 3.05) is 13.2 Å². The maximum Gasteiger partial charge on any atom is 0.509 e. The average Bonchev–Trinajstić information content (AvgIpc) is 2.70. The van der Waals surface area contributed by atoms with Gasteiger partial charge in [0.2, 0.25) is 0 Å². The van der Waals surface area contributed by atoms with Gasteiger partial charge in [0.1, 0.15) is 0 Å². The molecule has 0 heterocycles. The second-order valence-corrected chi connectivity index (χ2v) is 7.82. The third-order valence-corrected chi connectivity index (χ3v) is 5.16. The fourth-order valence-corrected chi connectivity index (χ4v) is 3.37. The van der Waals surface area contributed by atoms with Gasteiger partial charge in [-0.3, -0.25) is 0 Å². The van der Waals surface area contributed by atoms with Gasteiger partial charge in [0.05, 0.1) is 6.61 Å². The van der Waals surface area contributed by atoms with Gasteiger partial charge in [-0.25, -0.2) is 4.79 Å². The lowest BCUT2D eigenvalue weighted by Gasteiger charge is -2.05. The number of ether oxygens (including phenoxy) is 2. The summed E-state index contributed by atoms with van der Waals surface area (Å²) < 4.78 is 9.77. The highest BCUT2D eigenvalue weighted by molar-refractivity contribution is 5.60. The number of carbonyl (C=O) groups excluding carboxylic acids is 1. The van der Waals surface area contributed by atoms with Crippen LogP contribution in [0.1, 0.15) is 129 Å². The van der Waals surface area contributed by atoms with Crippen LogP contribution in [0.5, 0.6) is 0 Å². The normalized spacial score (nSPS) is 10.4. The van der Waals surface area contributed by atoms with Crippen LogP contribution in [0.15, 0.2) is 0 Å². The zero-order valence-electron chi connectivity index (χ0n) is 18.9. The van der Waals surface area contributed by atoms with E-state index in [1.165, 1.54) is 103 Å². The second-order valence-electron chi connectivity index (χ2n) is 7.82. The zero-order valence-corrected chi connectivity index (χ0v) is 18.9. The van der Waals surface area contributed by atoms with Crippen LogP contribution >= 0.6 is 0 Å². The molecule has 0 N–H and O–H groups in total. The molecule has 0 rings (SSSR count). The van der Waals surface area contributed by atoms with Crippen molar-refractivity contribution < 1.29 is 14.3 Å². The Morgan fingerprint density at radius 2 is 1.00 bits per heavy atom. The van der Waals surface area contributed by atoms with Crippen LogP contribution in [0.3, 0.4) is 0 Å². The first kappa shape index (κ1) is 26.8. The van der Waals surface area contributed by atoms with E-state index in [1.54, 1.807) is 6.92 Å². The summed E-state index contributed by atoms with van der Waals surface area (Å²) in [6, 6.07) is 0. The van der Waals surface area contributed by atoms with Crippen molar-refractivity contribution in [2.24, 2.45) is 0 Å². The lowest BCUT2D eigenvalue weighted by molar-refractivity contribution is 0.0632. The number of rotatable bonds is 20. The van der Waals surface area contributed by atoms with Crippen molar-refractivity contribution in [1.82, 2.24) is 0 Å². The quantitative estimate of drug-likeness (QED) is 0.118. The van der Waals surface area contributed by atoms with Crippen LogP contribution in [0.4, 0.5) is 4.79 Å². The molecule has 0 aromatic heterocycles. The minimum Gasteiger partial charge on any atom is -0.434 e. The fourth-order valence-electron chi connectivity index (χ4n) is 3.37. The van der Waals surface area contributed by atoms with Crippen LogP contribution in [0, 0.1) is 11.8 Å². The molecule has 3 heteroatoms. The Hall–Kier alpha value is -1.17. The molecule has 0 bridgehead atoms. The summed E-state index contributed by atoms with van der Waals surface area (Å²) in [6.07, 6.45) is 23.8. The standard InChI is InChI=1S/C25H46O3/c1-3-5-7-8-9-10-11-12-13-14-15-16-17-18-19-20-21-22-24-28-25(26)27-23-6-4-2/h3,5,7-24H2,1-2H3. The topological polar surface area (TPSA) is 35.5 Å². The summed E-state index contributed by atoms with van der Waals surface area (Å²) in [7, 11) is 0. The molecule has 0 aliphatic rings. The van der Waals surface area contributed by atoms with E-state index in [2.05, 4.69) is 18.8 Å². The molecule has 0 atom stereocenters. The maximum atomic E-state index is 11.2. The van der Waals surface area contributed by atoms with E-state index in [-0.39, 0.29) is 6.61 Å². The summed E-state index contributed by atoms with van der Waals surface area (Å²) in [5.74, 6) is 5.34. The van der Waals surface area contributed by atoms with Gasteiger partial charge in [0, 0.05) is 0 Å². The number of carbonyl (C=O) groups is 1. The molecule has 0 radical (unpaired) electrons. The number of hydrogen-bond acceptors (Lipinski definition) is 3.